The van der Waals surface area contributed by atoms with Crippen LogP contribution in [0.2, 0.25) is 0 Å². The first-order chi connectivity index (χ1) is 7.86. The molecule has 2 nitrogen and oxygen atoms in total. The van der Waals surface area contributed by atoms with Crippen molar-refractivity contribution in [1.82, 2.24) is 10.2 Å². The molecule has 0 aliphatic carbocycles. The van der Waals surface area contributed by atoms with Gasteiger partial charge in [0.15, 0.2) is 0 Å². The third kappa shape index (κ3) is 6.12. The minimum Gasteiger partial charge on any atom is -0.316 e. The summed E-state index contributed by atoms with van der Waals surface area (Å²) in [6, 6.07) is 0. The van der Waals surface area contributed by atoms with E-state index in [0.29, 0.717) is 0 Å². The second-order valence-electron chi connectivity index (χ2n) is 4.78. The van der Waals surface area contributed by atoms with Crippen LogP contribution in [-0.4, -0.2) is 49.6 Å². The van der Waals surface area contributed by atoms with Crippen LogP contribution in [0.3, 0.4) is 0 Å². The number of rotatable bonds is 8. The van der Waals surface area contributed by atoms with Crippen LogP contribution in [0.5, 0.6) is 0 Å². The van der Waals surface area contributed by atoms with Crippen molar-refractivity contribution in [2.75, 3.05) is 44.7 Å². The molecule has 1 N–H and O–H groups in total. The van der Waals surface area contributed by atoms with E-state index in [1.807, 2.05) is 11.8 Å². The summed E-state index contributed by atoms with van der Waals surface area (Å²) in [7, 11) is 0. The Bertz CT molecular complexity index is 156. The van der Waals surface area contributed by atoms with Crippen molar-refractivity contribution in [3.05, 3.63) is 0 Å². The number of likely N-dealkylation sites (tertiary alicyclic amines) is 1. The Labute approximate surface area is 106 Å². The molecule has 3 heteroatoms. The lowest BCUT2D eigenvalue weighted by Gasteiger charge is -2.31. The van der Waals surface area contributed by atoms with Gasteiger partial charge in [-0.15, -0.1) is 0 Å². The maximum atomic E-state index is 3.62. The van der Waals surface area contributed by atoms with Gasteiger partial charge < -0.3 is 10.2 Å². The fourth-order valence-corrected chi connectivity index (χ4v) is 2.80. The minimum atomic E-state index is 0.934. The summed E-state index contributed by atoms with van der Waals surface area (Å²) >= 11 is 1.96. The lowest BCUT2D eigenvalue weighted by Crippen LogP contribution is -2.37. The number of hydrogen-bond donors (Lipinski definition) is 1. The molecule has 1 fully saturated rings. The van der Waals surface area contributed by atoms with Crippen molar-refractivity contribution in [3.8, 4) is 0 Å². The molecule has 0 aromatic heterocycles. The maximum absolute atomic E-state index is 3.62. The zero-order valence-corrected chi connectivity index (χ0v) is 11.8. The van der Waals surface area contributed by atoms with Crippen molar-refractivity contribution in [1.29, 1.82) is 0 Å². The van der Waals surface area contributed by atoms with E-state index in [-0.39, 0.29) is 0 Å². The van der Waals surface area contributed by atoms with E-state index in [9.17, 15) is 0 Å². The zero-order valence-electron chi connectivity index (χ0n) is 11.0. The summed E-state index contributed by atoms with van der Waals surface area (Å²) in [6.07, 6.45) is 7.68. The highest BCUT2D eigenvalue weighted by atomic mass is 32.2. The van der Waals surface area contributed by atoms with Gasteiger partial charge in [-0.25, -0.2) is 0 Å². The Kier molecular flexibility index (Phi) is 8.34. The second kappa shape index (κ2) is 9.32. The topological polar surface area (TPSA) is 15.3 Å². The molecule has 1 aliphatic heterocycles. The number of piperidine rings is 1. The second-order valence-corrected chi connectivity index (χ2v) is 5.77. The van der Waals surface area contributed by atoms with Crippen molar-refractivity contribution in [2.24, 2.45) is 5.92 Å². The molecule has 0 unspecified atom stereocenters. The summed E-state index contributed by atoms with van der Waals surface area (Å²) in [5.74, 6) is 2.25. The largest absolute Gasteiger partial charge is 0.316 e. The first-order valence-electron chi connectivity index (χ1n) is 6.78. The molecule has 1 rings (SSSR count). The summed E-state index contributed by atoms with van der Waals surface area (Å²) in [5, 5.41) is 3.62. The van der Waals surface area contributed by atoms with Crippen LogP contribution in [-0.2, 0) is 0 Å². The molecule has 0 radical (unpaired) electrons. The number of nitrogens with one attached hydrogen (secondary N) is 1. The van der Waals surface area contributed by atoms with Crippen molar-refractivity contribution in [3.63, 3.8) is 0 Å². The first-order valence-corrected chi connectivity index (χ1v) is 8.18. The summed E-state index contributed by atoms with van der Waals surface area (Å²) in [4.78, 5) is 2.56. The van der Waals surface area contributed by atoms with Gasteiger partial charge in [-0.3, -0.25) is 0 Å². The van der Waals surface area contributed by atoms with Gasteiger partial charge in [0.2, 0.25) is 0 Å². The normalized spacial score (nSPS) is 19.1. The maximum Gasteiger partial charge on any atom is -0.00157 e. The number of nitrogens with zero attached hydrogens (tertiary/aromatic N) is 1. The summed E-state index contributed by atoms with van der Waals surface area (Å²) in [6.45, 7) is 8.59. The molecule has 0 bridgehead atoms. The van der Waals surface area contributed by atoms with Crippen LogP contribution in [0.4, 0.5) is 0 Å². The number of thioether (sulfide) groups is 1. The Morgan fingerprint density at radius 1 is 1.25 bits per heavy atom. The van der Waals surface area contributed by atoms with Gasteiger partial charge in [-0.1, -0.05) is 6.92 Å². The predicted octanol–water partition coefficient (Wildman–Crippen LogP) is 2.45. The van der Waals surface area contributed by atoms with Crippen LogP contribution in [0.1, 0.15) is 32.6 Å². The summed E-state index contributed by atoms with van der Waals surface area (Å²) < 4.78 is 0. The molecule has 96 valence electrons. The van der Waals surface area contributed by atoms with Gasteiger partial charge in [-0.05, 0) is 76.3 Å². The molecule has 0 atom stereocenters. The van der Waals surface area contributed by atoms with Gasteiger partial charge in [-0.2, -0.15) is 11.8 Å². The molecule has 1 saturated heterocycles. The van der Waals surface area contributed by atoms with Gasteiger partial charge in [0.1, 0.15) is 0 Å². The lowest BCUT2D eigenvalue weighted by atomic mass is 9.97. The highest BCUT2D eigenvalue weighted by molar-refractivity contribution is 7.98. The fourth-order valence-electron chi connectivity index (χ4n) is 2.31. The standard InChI is InChI=1S/C13H28N2S/c1-3-15-9-6-13(7-10-15)12-14-8-4-5-11-16-2/h13-14H,3-12H2,1-2H3. The first kappa shape index (κ1) is 14.3. The highest BCUT2D eigenvalue weighted by Crippen LogP contribution is 2.15. The average Bonchev–Trinajstić information content (AvgIpc) is 2.34. The molecular weight excluding hydrogens is 216 g/mol. The molecule has 1 heterocycles. The molecular formula is C13H28N2S. The average molecular weight is 244 g/mol. The molecule has 0 amide bonds. The van der Waals surface area contributed by atoms with E-state index in [4.69, 9.17) is 0 Å². The van der Waals surface area contributed by atoms with Crippen molar-refractivity contribution >= 4 is 11.8 Å². The van der Waals surface area contributed by atoms with Crippen LogP contribution in [0.25, 0.3) is 0 Å². The van der Waals surface area contributed by atoms with Crippen LogP contribution in [0, 0.1) is 5.92 Å². The van der Waals surface area contributed by atoms with Gasteiger partial charge in [0, 0.05) is 0 Å². The Morgan fingerprint density at radius 2 is 2.00 bits per heavy atom. The van der Waals surface area contributed by atoms with E-state index in [0.717, 1.165) is 5.92 Å². The van der Waals surface area contributed by atoms with E-state index in [1.54, 1.807) is 0 Å². The van der Waals surface area contributed by atoms with E-state index in [1.165, 1.54) is 64.2 Å². The monoisotopic (exact) mass is 244 g/mol. The molecule has 0 saturated carbocycles. The van der Waals surface area contributed by atoms with Gasteiger partial charge in [0.05, 0.1) is 0 Å². The van der Waals surface area contributed by atoms with Gasteiger partial charge >= 0.3 is 0 Å². The Balaban J connectivity index is 1.90. The van der Waals surface area contributed by atoms with Crippen molar-refractivity contribution < 1.29 is 0 Å². The third-order valence-corrected chi connectivity index (χ3v) is 4.24. The van der Waals surface area contributed by atoms with Crippen LogP contribution < -0.4 is 5.32 Å². The third-order valence-electron chi connectivity index (χ3n) is 3.54. The van der Waals surface area contributed by atoms with Crippen molar-refractivity contribution in [2.45, 2.75) is 32.6 Å². The molecule has 0 aromatic rings. The quantitative estimate of drug-likeness (QED) is 0.660. The predicted molar refractivity (Wildman–Crippen MR) is 75.3 cm³/mol. The number of unbranched alkanes of at least 4 members (excludes halogenated alkanes) is 1. The van der Waals surface area contributed by atoms with Crippen LogP contribution in [0.15, 0.2) is 0 Å². The highest BCUT2D eigenvalue weighted by Gasteiger charge is 2.16. The van der Waals surface area contributed by atoms with E-state index >= 15 is 0 Å². The SMILES string of the molecule is CCN1CCC(CNCCCCSC)CC1. The lowest BCUT2D eigenvalue weighted by molar-refractivity contribution is 0.190. The number of hydrogen-bond acceptors (Lipinski definition) is 3. The van der Waals surface area contributed by atoms with Gasteiger partial charge in [0.25, 0.3) is 0 Å². The summed E-state index contributed by atoms with van der Waals surface area (Å²) in [5.41, 5.74) is 0. The molecule has 0 spiro atoms. The smallest absolute Gasteiger partial charge is 0.00157 e. The van der Waals surface area contributed by atoms with Crippen LogP contribution >= 0.6 is 11.8 Å². The van der Waals surface area contributed by atoms with E-state index in [2.05, 4.69) is 23.4 Å². The van der Waals surface area contributed by atoms with E-state index < -0.39 is 0 Å². The molecule has 16 heavy (non-hydrogen) atoms. The molecule has 1 aliphatic rings. The fraction of sp³-hybridized carbons (Fsp3) is 1.00. The minimum absolute atomic E-state index is 0.934. The molecule has 0 aromatic carbocycles. The Morgan fingerprint density at radius 3 is 2.62 bits per heavy atom. The Hall–Kier alpha value is 0.270. The zero-order chi connectivity index (χ0) is 11.6.